The third-order valence-corrected chi connectivity index (χ3v) is 3.56. The molecule has 2 aromatic carbocycles. The minimum absolute atomic E-state index is 0.0681. The zero-order valence-corrected chi connectivity index (χ0v) is 9.54. The lowest BCUT2D eigenvalue weighted by Crippen LogP contribution is -2.33. The summed E-state index contributed by atoms with van der Waals surface area (Å²) in [6.45, 7) is 0. The van der Waals surface area contributed by atoms with Crippen LogP contribution in [0, 0.1) is 0 Å². The Kier molecular flexibility index (Phi) is 2.52. The van der Waals surface area contributed by atoms with E-state index >= 15 is 0 Å². The summed E-state index contributed by atoms with van der Waals surface area (Å²) in [4.78, 5) is 11.8. The second kappa shape index (κ2) is 4.17. The summed E-state index contributed by atoms with van der Waals surface area (Å²) in [6.07, 6.45) is 0.684. The van der Waals surface area contributed by atoms with Gasteiger partial charge < -0.3 is 0 Å². The first kappa shape index (κ1) is 10.3. The molecule has 84 valence electrons. The number of carbonyl (C=O) groups excluding carboxylic acids is 1. The molecule has 3 rings (SSSR count). The van der Waals surface area contributed by atoms with Gasteiger partial charge in [-0.1, -0.05) is 60.7 Å². The minimum atomic E-state index is 0.0681. The van der Waals surface area contributed by atoms with Gasteiger partial charge in [0.15, 0.2) is 0 Å². The molecule has 0 aromatic heterocycles. The van der Waals surface area contributed by atoms with E-state index in [1.165, 1.54) is 5.56 Å². The summed E-state index contributed by atoms with van der Waals surface area (Å²) in [5, 5.41) is 0. The highest BCUT2D eigenvalue weighted by Gasteiger charge is 2.41. The predicted octanol–water partition coefficient (Wildman–Crippen LogP) is 3.53. The third-order valence-electron chi connectivity index (χ3n) is 3.56. The highest BCUT2D eigenvalue weighted by atomic mass is 16.1. The van der Waals surface area contributed by atoms with E-state index in [-0.39, 0.29) is 5.92 Å². The molecule has 0 radical (unpaired) electrons. The molecule has 1 nitrogen and oxygen atoms in total. The smallest absolute Gasteiger partial charge is 0.141 e. The van der Waals surface area contributed by atoms with Gasteiger partial charge in [-0.15, -0.1) is 0 Å². The fourth-order valence-electron chi connectivity index (χ4n) is 2.61. The Morgan fingerprint density at radius 3 is 1.82 bits per heavy atom. The van der Waals surface area contributed by atoms with Gasteiger partial charge in [-0.3, -0.25) is 4.79 Å². The third kappa shape index (κ3) is 1.78. The maximum Gasteiger partial charge on any atom is 0.141 e. The molecule has 1 saturated carbocycles. The van der Waals surface area contributed by atoms with E-state index in [9.17, 15) is 4.79 Å². The van der Waals surface area contributed by atoms with Crippen LogP contribution in [0.3, 0.4) is 0 Å². The zero-order chi connectivity index (χ0) is 11.7. The van der Waals surface area contributed by atoms with Gasteiger partial charge in [0.05, 0.1) is 0 Å². The van der Waals surface area contributed by atoms with Crippen LogP contribution in [0.2, 0.25) is 0 Å². The van der Waals surface area contributed by atoms with Crippen LogP contribution in [0.15, 0.2) is 60.7 Å². The maximum absolute atomic E-state index is 11.8. The molecule has 2 aromatic rings. The number of hydrogen-bond donors (Lipinski definition) is 0. The Morgan fingerprint density at radius 2 is 1.29 bits per heavy atom. The summed E-state index contributed by atoms with van der Waals surface area (Å²) in [7, 11) is 0. The van der Waals surface area contributed by atoms with Crippen molar-refractivity contribution < 1.29 is 4.79 Å². The molecule has 0 saturated heterocycles. The Balaban J connectivity index is 1.92. The summed E-state index contributed by atoms with van der Waals surface area (Å²) in [6, 6.07) is 20.4. The lowest BCUT2D eigenvalue weighted by Gasteiger charge is -2.35. The van der Waals surface area contributed by atoms with Gasteiger partial charge in [-0.25, -0.2) is 0 Å². The van der Waals surface area contributed by atoms with Crippen LogP contribution in [0.1, 0.15) is 29.4 Å². The van der Waals surface area contributed by atoms with Crippen molar-refractivity contribution in [3.05, 3.63) is 71.8 Å². The van der Waals surface area contributed by atoms with Gasteiger partial charge in [0.1, 0.15) is 5.78 Å². The zero-order valence-electron chi connectivity index (χ0n) is 9.54. The normalized spacial score (nSPS) is 23.2. The molecule has 0 spiro atoms. The molecule has 2 atom stereocenters. The summed E-state index contributed by atoms with van der Waals surface area (Å²) >= 11 is 0. The van der Waals surface area contributed by atoms with Gasteiger partial charge in [-0.2, -0.15) is 0 Å². The van der Waals surface area contributed by atoms with Crippen LogP contribution in [0.4, 0.5) is 0 Å². The first-order chi connectivity index (χ1) is 8.36. The minimum Gasteiger partial charge on any atom is -0.299 e. The van der Waals surface area contributed by atoms with Gasteiger partial charge in [-0.05, 0) is 11.1 Å². The number of rotatable bonds is 2. The Bertz CT molecular complexity index is 516. The van der Waals surface area contributed by atoms with Crippen LogP contribution < -0.4 is 0 Å². The monoisotopic (exact) mass is 222 g/mol. The molecule has 2 unspecified atom stereocenters. The van der Waals surface area contributed by atoms with Crippen molar-refractivity contribution >= 4 is 5.78 Å². The summed E-state index contributed by atoms with van der Waals surface area (Å²) in [5.41, 5.74) is 2.43. The first-order valence-electron chi connectivity index (χ1n) is 5.99. The molecule has 1 heteroatoms. The Morgan fingerprint density at radius 1 is 0.765 bits per heavy atom. The molecule has 0 aliphatic heterocycles. The van der Waals surface area contributed by atoms with Crippen molar-refractivity contribution in [3.63, 3.8) is 0 Å². The van der Waals surface area contributed by atoms with Gasteiger partial charge in [0.25, 0.3) is 0 Å². The van der Waals surface area contributed by atoms with Crippen molar-refractivity contribution in [1.82, 2.24) is 0 Å². The Hall–Kier alpha value is -1.89. The molecular formula is C16H14O. The van der Waals surface area contributed by atoms with Crippen LogP contribution >= 0.6 is 0 Å². The first-order valence-corrected chi connectivity index (χ1v) is 5.99. The molecule has 1 fully saturated rings. The van der Waals surface area contributed by atoms with E-state index in [0.717, 1.165) is 5.56 Å². The highest BCUT2D eigenvalue weighted by Crippen LogP contribution is 2.45. The highest BCUT2D eigenvalue weighted by molar-refractivity contribution is 5.94. The fraction of sp³-hybridized carbons (Fsp3) is 0.188. The molecular weight excluding hydrogens is 208 g/mol. The van der Waals surface area contributed by atoms with Crippen LogP contribution in [-0.2, 0) is 4.79 Å². The second-order valence-corrected chi connectivity index (χ2v) is 4.58. The largest absolute Gasteiger partial charge is 0.299 e. The van der Waals surface area contributed by atoms with E-state index in [1.54, 1.807) is 0 Å². The fourth-order valence-corrected chi connectivity index (χ4v) is 2.61. The van der Waals surface area contributed by atoms with Crippen molar-refractivity contribution in [3.8, 4) is 0 Å². The van der Waals surface area contributed by atoms with Crippen molar-refractivity contribution in [1.29, 1.82) is 0 Å². The molecule has 0 N–H and O–H groups in total. The van der Waals surface area contributed by atoms with Crippen LogP contribution in [0.25, 0.3) is 0 Å². The SMILES string of the molecule is O=C1CC(c2ccccc2)C1c1ccccc1. The van der Waals surface area contributed by atoms with Crippen molar-refractivity contribution in [2.24, 2.45) is 0 Å². The quantitative estimate of drug-likeness (QED) is 0.759. The molecule has 0 bridgehead atoms. The number of carbonyl (C=O) groups is 1. The maximum atomic E-state index is 11.8. The summed E-state index contributed by atoms with van der Waals surface area (Å²) < 4.78 is 0. The number of Topliss-reactive ketones (excluding diaryl/α,β-unsaturated/α-hetero) is 1. The second-order valence-electron chi connectivity index (χ2n) is 4.58. The molecule has 1 aliphatic rings. The average Bonchev–Trinajstić information content (AvgIpc) is 2.38. The van der Waals surface area contributed by atoms with E-state index in [1.807, 2.05) is 36.4 Å². The Labute approximate surface area is 101 Å². The lowest BCUT2D eigenvalue weighted by molar-refractivity contribution is -0.127. The van der Waals surface area contributed by atoms with E-state index in [2.05, 4.69) is 24.3 Å². The van der Waals surface area contributed by atoms with Crippen LogP contribution in [0.5, 0.6) is 0 Å². The molecule has 0 amide bonds. The van der Waals surface area contributed by atoms with E-state index in [0.29, 0.717) is 18.1 Å². The van der Waals surface area contributed by atoms with Crippen molar-refractivity contribution in [2.75, 3.05) is 0 Å². The molecule has 0 heterocycles. The standard InChI is InChI=1S/C16H14O/c17-15-11-14(12-7-3-1-4-8-12)16(15)13-9-5-2-6-10-13/h1-10,14,16H,11H2. The van der Waals surface area contributed by atoms with Gasteiger partial charge in [0, 0.05) is 18.3 Å². The predicted molar refractivity (Wildman–Crippen MR) is 68.0 cm³/mol. The van der Waals surface area contributed by atoms with Crippen molar-refractivity contribution in [2.45, 2.75) is 18.3 Å². The van der Waals surface area contributed by atoms with E-state index < -0.39 is 0 Å². The lowest BCUT2D eigenvalue weighted by atomic mass is 9.66. The number of benzene rings is 2. The van der Waals surface area contributed by atoms with Gasteiger partial charge in [0.2, 0.25) is 0 Å². The van der Waals surface area contributed by atoms with Gasteiger partial charge >= 0.3 is 0 Å². The van der Waals surface area contributed by atoms with E-state index in [4.69, 9.17) is 0 Å². The molecule has 1 aliphatic carbocycles. The number of ketones is 1. The average molecular weight is 222 g/mol. The van der Waals surface area contributed by atoms with Crippen LogP contribution in [-0.4, -0.2) is 5.78 Å². The topological polar surface area (TPSA) is 17.1 Å². The number of hydrogen-bond acceptors (Lipinski definition) is 1. The molecule has 17 heavy (non-hydrogen) atoms. The summed E-state index contributed by atoms with van der Waals surface area (Å²) in [5.74, 6) is 0.801.